The van der Waals surface area contributed by atoms with E-state index in [1.165, 1.54) is 25.8 Å². The van der Waals surface area contributed by atoms with Crippen molar-refractivity contribution in [2.75, 3.05) is 25.3 Å². The topological polar surface area (TPSA) is 120 Å². The standard InChI is InChI=1S/C17H19N5O5S/c1-21-14-13(15(24)22(2)17(21)25)19-16(20-14)28-8-12(23)18-10-6-5-9(26-3)7-11(10)27-4/h5-7H,8H2,1-4H3,(H,18,23)(H,19,20). The van der Waals surface area contributed by atoms with Crippen LogP contribution in [0.3, 0.4) is 0 Å². The summed E-state index contributed by atoms with van der Waals surface area (Å²) in [7, 11) is 5.97. The Morgan fingerprint density at radius 3 is 2.64 bits per heavy atom. The number of H-pyrrole nitrogens is 1. The van der Waals surface area contributed by atoms with Gasteiger partial charge in [-0.05, 0) is 12.1 Å². The number of methoxy groups -OCH3 is 2. The third-order valence-electron chi connectivity index (χ3n) is 4.10. The highest BCUT2D eigenvalue weighted by Gasteiger charge is 2.15. The van der Waals surface area contributed by atoms with Crippen LogP contribution < -0.4 is 26.0 Å². The lowest BCUT2D eigenvalue weighted by molar-refractivity contribution is -0.113. The molecule has 0 atom stereocenters. The first-order valence-electron chi connectivity index (χ1n) is 8.16. The van der Waals surface area contributed by atoms with Gasteiger partial charge in [-0.1, -0.05) is 11.8 Å². The number of imidazole rings is 1. The molecule has 0 spiro atoms. The molecule has 0 aliphatic heterocycles. The van der Waals surface area contributed by atoms with E-state index in [0.717, 1.165) is 16.3 Å². The Kier molecular flexibility index (Phi) is 5.45. The van der Waals surface area contributed by atoms with Crippen LogP contribution in [-0.4, -0.2) is 45.0 Å². The lowest BCUT2D eigenvalue weighted by atomic mass is 10.2. The number of amides is 1. The van der Waals surface area contributed by atoms with Gasteiger partial charge in [-0.15, -0.1) is 0 Å². The maximum Gasteiger partial charge on any atom is 0.332 e. The van der Waals surface area contributed by atoms with Gasteiger partial charge < -0.3 is 19.8 Å². The van der Waals surface area contributed by atoms with Gasteiger partial charge in [-0.2, -0.15) is 0 Å². The Balaban J connectivity index is 1.75. The number of carbonyl (C=O) groups is 1. The molecule has 0 saturated heterocycles. The minimum absolute atomic E-state index is 0.0449. The van der Waals surface area contributed by atoms with Crippen molar-refractivity contribution in [3.8, 4) is 11.5 Å². The maximum absolute atomic E-state index is 12.3. The molecule has 11 heteroatoms. The Morgan fingerprint density at radius 1 is 1.21 bits per heavy atom. The third kappa shape index (κ3) is 3.60. The zero-order valence-corrected chi connectivity index (χ0v) is 16.5. The second-order valence-corrected chi connectivity index (χ2v) is 6.81. The van der Waals surface area contributed by atoms with Crippen LogP contribution in [0.5, 0.6) is 11.5 Å². The van der Waals surface area contributed by atoms with Gasteiger partial charge >= 0.3 is 5.69 Å². The van der Waals surface area contributed by atoms with E-state index in [0.29, 0.717) is 22.3 Å². The number of carbonyl (C=O) groups excluding carboxylic acids is 1. The number of hydrogen-bond donors (Lipinski definition) is 2. The number of hydrogen-bond acceptors (Lipinski definition) is 7. The molecule has 1 aromatic carbocycles. The highest BCUT2D eigenvalue weighted by atomic mass is 32.2. The predicted octanol–water partition coefficient (Wildman–Crippen LogP) is 0.708. The quantitative estimate of drug-likeness (QED) is 0.580. The van der Waals surface area contributed by atoms with E-state index < -0.39 is 11.2 Å². The number of thioether (sulfide) groups is 1. The van der Waals surface area contributed by atoms with E-state index in [1.54, 1.807) is 25.3 Å². The van der Waals surface area contributed by atoms with Gasteiger partial charge in [-0.3, -0.25) is 18.7 Å². The molecule has 0 aliphatic carbocycles. The van der Waals surface area contributed by atoms with Gasteiger partial charge in [0.05, 0.1) is 25.7 Å². The number of ether oxygens (including phenoxy) is 2. The van der Waals surface area contributed by atoms with Crippen LogP contribution in [-0.2, 0) is 18.9 Å². The summed E-state index contributed by atoms with van der Waals surface area (Å²) in [5, 5.41) is 3.12. The molecule has 3 aromatic rings. The van der Waals surface area contributed by atoms with E-state index in [4.69, 9.17) is 9.47 Å². The third-order valence-corrected chi connectivity index (χ3v) is 4.97. The summed E-state index contributed by atoms with van der Waals surface area (Å²) >= 11 is 1.12. The van der Waals surface area contributed by atoms with Crippen molar-refractivity contribution in [3.05, 3.63) is 39.0 Å². The number of benzene rings is 1. The number of fused-ring (bicyclic) bond motifs is 1. The summed E-state index contributed by atoms with van der Waals surface area (Å²) < 4.78 is 12.7. The van der Waals surface area contributed by atoms with Crippen molar-refractivity contribution in [2.45, 2.75) is 5.16 Å². The molecule has 3 rings (SSSR count). The van der Waals surface area contributed by atoms with Crippen LogP contribution >= 0.6 is 11.8 Å². The molecule has 148 valence electrons. The number of aromatic amines is 1. The summed E-state index contributed by atoms with van der Waals surface area (Å²) in [6.45, 7) is 0. The molecule has 0 bridgehead atoms. The Hall–Kier alpha value is -3.21. The van der Waals surface area contributed by atoms with Crippen molar-refractivity contribution in [1.29, 1.82) is 0 Å². The van der Waals surface area contributed by atoms with Crippen LogP contribution in [0.25, 0.3) is 11.2 Å². The van der Waals surface area contributed by atoms with E-state index >= 15 is 0 Å². The maximum atomic E-state index is 12.3. The van der Waals surface area contributed by atoms with Gasteiger partial charge in [0.1, 0.15) is 11.5 Å². The van der Waals surface area contributed by atoms with Crippen LogP contribution in [0.1, 0.15) is 0 Å². The summed E-state index contributed by atoms with van der Waals surface area (Å²) in [4.78, 5) is 43.5. The van der Waals surface area contributed by atoms with E-state index in [9.17, 15) is 14.4 Å². The van der Waals surface area contributed by atoms with E-state index in [2.05, 4.69) is 15.3 Å². The van der Waals surface area contributed by atoms with Gasteiger partial charge in [0.25, 0.3) is 5.56 Å². The zero-order valence-electron chi connectivity index (χ0n) is 15.7. The Bertz CT molecular complexity index is 1160. The fourth-order valence-electron chi connectivity index (χ4n) is 2.60. The van der Waals surface area contributed by atoms with Crippen molar-refractivity contribution in [3.63, 3.8) is 0 Å². The van der Waals surface area contributed by atoms with Gasteiger partial charge in [0, 0.05) is 20.2 Å². The fourth-order valence-corrected chi connectivity index (χ4v) is 3.26. The van der Waals surface area contributed by atoms with Gasteiger partial charge in [-0.25, -0.2) is 9.78 Å². The largest absolute Gasteiger partial charge is 0.497 e. The Labute approximate surface area is 163 Å². The molecular formula is C17H19N5O5S. The SMILES string of the molecule is COc1ccc(NC(=O)CSc2nc3c([nH]2)c(=O)n(C)c(=O)n3C)c(OC)c1. The number of nitrogens with one attached hydrogen (secondary N) is 2. The molecule has 0 unspecified atom stereocenters. The summed E-state index contributed by atoms with van der Waals surface area (Å²) in [6, 6.07) is 5.06. The number of anilines is 1. The number of aromatic nitrogens is 4. The second-order valence-electron chi connectivity index (χ2n) is 5.85. The number of rotatable bonds is 6. The molecule has 2 aromatic heterocycles. The van der Waals surface area contributed by atoms with Crippen LogP contribution in [0, 0.1) is 0 Å². The Morgan fingerprint density at radius 2 is 1.96 bits per heavy atom. The molecule has 0 radical (unpaired) electrons. The monoisotopic (exact) mass is 405 g/mol. The van der Waals surface area contributed by atoms with Crippen molar-refractivity contribution < 1.29 is 14.3 Å². The summed E-state index contributed by atoms with van der Waals surface area (Å²) in [5.41, 5.74) is 0.0294. The molecule has 0 fully saturated rings. The molecule has 1 amide bonds. The first kappa shape index (κ1) is 19.5. The summed E-state index contributed by atoms with van der Waals surface area (Å²) in [5.74, 6) is 0.845. The highest BCUT2D eigenvalue weighted by Crippen LogP contribution is 2.29. The van der Waals surface area contributed by atoms with Crippen molar-refractivity contribution >= 4 is 34.5 Å². The molecular weight excluding hydrogens is 386 g/mol. The lowest BCUT2D eigenvalue weighted by Crippen LogP contribution is -2.36. The first-order valence-corrected chi connectivity index (χ1v) is 9.14. The number of nitrogens with zero attached hydrogens (tertiary/aromatic N) is 3. The van der Waals surface area contributed by atoms with Crippen LogP contribution in [0.2, 0.25) is 0 Å². The molecule has 28 heavy (non-hydrogen) atoms. The molecule has 0 aliphatic rings. The lowest BCUT2D eigenvalue weighted by Gasteiger charge is -2.11. The van der Waals surface area contributed by atoms with Gasteiger partial charge in [0.2, 0.25) is 5.91 Å². The number of aryl methyl sites for hydroxylation is 1. The predicted molar refractivity (Wildman–Crippen MR) is 105 cm³/mol. The second kappa shape index (κ2) is 7.80. The minimum atomic E-state index is -0.468. The minimum Gasteiger partial charge on any atom is -0.497 e. The normalized spacial score (nSPS) is 10.9. The summed E-state index contributed by atoms with van der Waals surface area (Å²) in [6.07, 6.45) is 0. The van der Waals surface area contributed by atoms with Crippen LogP contribution in [0.15, 0.2) is 32.9 Å². The highest BCUT2D eigenvalue weighted by molar-refractivity contribution is 7.99. The fraction of sp³-hybridized carbons (Fsp3) is 0.294. The zero-order chi connectivity index (χ0) is 20.4. The molecule has 2 heterocycles. The average molecular weight is 405 g/mol. The first-order chi connectivity index (χ1) is 13.3. The van der Waals surface area contributed by atoms with Crippen molar-refractivity contribution in [1.82, 2.24) is 19.1 Å². The molecule has 2 N–H and O–H groups in total. The smallest absolute Gasteiger partial charge is 0.332 e. The molecule has 10 nitrogen and oxygen atoms in total. The van der Waals surface area contributed by atoms with E-state index in [-0.39, 0.29) is 22.8 Å². The molecule has 0 saturated carbocycles. The van der Waals surface area contributed by atoms with Crippen molar-refractivity contribution in [2.24, 2.45) is 14.1 Å². The van der Waals surface area contributed by atoms with E-state index in [1.807, 2.05) is 0 Å². The van der Waals surface area contributed by atoms with Gasteiger partial charge in [0.15, 0.2) is 16.3 Å². The average Bonchev–Trinajstić information content (AvgIpc) is 3.14. The van der Waals surface area contributed by atoms with Crippen LogP contribution in [0.4, 0.5) is 5.69 Å².